The van der Waals surface area contributed by atoms with E-state index in [0.29, 0.717) is 19.1 Å². The number of fused-ring (bicyclic) bond motifs is 1. The maximum Gasteiger partial charge on any atom is 0.323 e. The maximum absolute atomic E-state index is 12.0. The van der Waals surface area contributed by atoms with Crippen LogP contribution < -0.4 is 4.74 Å². The van der Waals surface area contributed by atoms with Gasteiger partial charge in [-0.25, -0.2) is 0 Å². The zero-order valence-corrected chi connectivity index (χ0v) is 11.9. The number of hydrogen-bond acceptors (Lipinski definition) is 4. The molecule has 108 valence electrons. The number of ether oxygens (including phenoxy) is 2. The Labute approximate surface area is 119 Å². The van der Waals surface area contributed by atoms with Gasteiger partial charge in [0.1, 0.15) is 11.8 Å². The number of esters is 1. The average Bonchev–Trinajstić information content (AvgIpc) is 3.07. The van der Waals surface area contributed by atoms with E-state index in [4.69, 9.17) is 9.47 Å². The topological polar surface area (TPSA) is 38.8 Å². The molecule has 0 aromatic heterocycles. The van der Waals surface area contributed by atoms with E-state index in [0.717, 1.165) is 31.7 Å². The summed E-state index contributed by atoms with van der Waals surface area (Å²) >= 11 is 0. The van der Waals surface area contributed by atoms with Gasteiger partial charge >= 0.3 is 5.97 Å². The summed E-state index contributed by atoms with van der Waals surface area (Å²) in [7, 11) is 0. The van der Waals surface area contributed by atoms with Gasteiger partial charge in [-0.05, 0) is 32.4 Å². The van der Waals surface area contributed by atoms with Crippen LogP contribution in [0.5, 0.6) is 5.75 Å². The van der Waals surface area contributed by atoms with Crippen molar-refractivity contribution in [3.63, 3.8) is 0 Å². The number of hydrogen-bond donors (Lipinski definition) is 0. The summed E-state index contributed by atoms with van der Waals surface area (Å²) < 4.78 is 10.9. The second kappa shape index (κ2) is 5.83. The Morgan fingerprint density at radius 2 is 2.30 bits per heavy atom. The third-order valence-corrected chi connectivity index (χ3v) is 4.18. The molecular formula is C16H21NO3. The Morgan fingerprint density at radius 3 is 3.15 bits per heavy atom. The number of carbonyl (C=O) groups is 1. The Bertz CT molecular complexity index is 488. The molecule has 2 aliphatic heterocycles. The van der Waals surface area contributed by atoms with Gasteiger partial charge in [0.25, 0.3) is 0 Å². The van der Waals surface area contributed by atoms with Crippen LogP contribution in [0.1, 0.15) is 31.2 Å². The zero-order chi connectivity index (χ0) is 13.9. The molecule has 0 amide bonds. The first-order chi connectivity index (χ1) is 9.79. The molecule has 0 bridgehead atoms. The number of para-hydroxylation sites is 1. The molecule has 4 nitrogen and oxygen atoms in total. The lowest BCUT2D eigenvalue weighted by Crippen LogP contribution is -2.39. The Hall–Kier alpha value is -1.55. The molecule has 1 aromatic carbocycles. The molecule has 2 aliphatic rings. The minimum Gasteiger partial charge on any atom is -0.493 e. The summed E-state index contributed by atoms with van der Waals surface area (Å²) in [6, 6.07) is 8.12. The first kappa shape index (κ1) is 13.4. The molecule has 2 heterocycles. The first-order valence-corrected chi connectivity index (χ1v) is 7.42. The van der Waals surface area contributed by atoms with Gasteiger partial charge in [-0.2, -0.15) is 0 Å². The first-order valence-electron chi connectivity index (χ1n) is 7.42. The van der Waals surface area contributed by atoms with Crippen molar-refractivity contribution in [3.8, 4) is 5.75 Å². The van der Waals surface area contributed by atoms with Crippen LogP contribution in [0.4, 0.5) is 0 Å². The van der Waals surface area contributed by atoms with Crippen LogP contribution in [-0.2, 0) is 9.53 Å². The van der Waals surface area contributed by atoms with Crippen molar-refractivity contribution in [2.75, 3.05) is 26.3 Å². The normalized spacial score (nSPS) is 25.2. The zero-order valence-electron chi connectivity index (χ0n) is 11.9. The van der Waals surface area contributed by atoms with Crippen molar-refractivity contribution < 1.29 is 14.3 Å². The third kappa shape index (κ3) is 2.52. The van der Waals surface area contributed by atoms with Gasteiger partial charge in [0.2, 0.25) is 0 Å². The van der Waals surface area contributed by atoms with Crippen LogP contribution in [0.15, 0.2) is 24.3 Å². The molecule has 2 unspecified atom stereocenters. The number of benzene rings is 1. The van der Waals surface area contributed by atoms with E-state index in [-0.39, 0.29) is 12.0 Å². The number of carbonyl (C=O) groups excluding carboxylic acids is 1. The summed E-state index contributed by atoms with van der Waals surface area (Å²) in [4.78, 5) is 14.2. The minimum absolute atomic E-state index is 0.0669. The summed E-state index contributed by atoms with van der Waals surface area (Å²) in [5.41, 5.74) is 1.27. The largest absolute Gasteiger partial charge is 0.493 e. The van der Waals surface area contributed by atoms with Crippen molar-refractivity contribution in [2.24, 2.45) is 0 Å². The lowest BCUT2D eigenvalue weighted by molar-refractivity contribution is -0.148. The molecule has 1 saturated heterocycles. The van der Waals surface area contributed by atoms with Gasteiger partial charge in [-0.15, -0.1) is 0 Å². The van der Waals surface area contributed by atoms with Crippen LogP contribution in [-0.4, -0.2) is 43.2 Å². The molecule has 0 aliphatic carbocycles. The predicted octanol–water partition coefficient (Wildman–Crippen LogP) is 2.19. The van der Waals surface area contributed by atoms with Gasteiger partial charge in [-0.1, -0.05) is 18.2 Å². The monoisotopic (exact) mass is 275 g/mol. The fourth-order valence-electron chi connectivity index (χ4n) is 3.21. The van der Waals surface area contributed by atoms with E-state index in [1.807, 2.05) is 25.1 Å². The van der Waals surface area contributed by atoms with Gasteiger partial charge in [0, 0.05) is 18.0 Å². The van der Waals surface area contributed by atoms with Crippen LogP contribution in [0.2, 0.25) is 0 Å². The molecule has 4 heteroatoms. The molecular weight excluding hydrogens is 254 g/mol. The molecule has 0 saturated carbocycles. The second-order valence-electron chi connectivity index (χ2n) is 5.45. The van der Waals surface area contributed by atoms with Crippen molar-refractivity contribution in [3.05, 3.63) is 29.8 Å². The van der Waals surface area contributed by atoms with Crippen LogP contribution in [0.3, 0.4) is 0 Å². The fraction of sp³-hybridized carbons (Fsp3) is 0.562. The van der Waals surface area contributed by atoms with Crippen molar-refractivity contribution in [1.29, 1.82) is 0 Å². The number of likely N-dealkylation sites (tertiary alicyclic amines) is 1. The van der Waals surface area contributed by atoms with E-state index in [2.05, 4.69) is 11.0 Å². The molecule has 1 fully saturated rings. The molecule has 0 spiro atoms. The highest BCUT2D eigenvalue weighted by Gasteiger charge is 2.35. The molecule has 1 aromatic rings. The molecule has 20 heavy (non-hydrogen) atoms. The number of rotatable bonds is 4. The fourth-order valence-corrected chi connectivity index (χ4v) is 3.21. The third-order valence-electron chi connectivity index (χ3n) is 4.18. The van der Waals surface area contributed by atoms with Crippen LogP contribution in [0, 0.1) is 0 Å². The van der Waals surface area contributed by atoms with Crippen LogP contribution >= 0.6 is 0 Å². The van der Waals surface area contributed by atoms with Gasteiger partial charge < -0.3 is 9.47 Å². The van der Waals surface area contributed by atoms with Crippen molar-refractivity contribution in [1.82, 2.24) is 4.90 Å². The molecule has 3 rings (SSSR count). The summed E-state index contributed by atoms with van der Waals surface area (Å²) in [5.74, 6) is 1.28. The Morgan fingerprint density at radius 1 is 1.45 bits per heavy atom. The number of nitrogens with zero attached hydrogens (tertiary/aromatic N) is 1. The highest BCUT2D eigenvalue weighted by atomic mass is 16.5. The highest BCUT2D eigenvalue weighted by molar-refractivity contribution is 5.76. The molecule has 0 radical (unpaired) electrons. The lowest BCUT2D eigenvalue weighted by Gasteiger charge is -2.25. The van der Waals surface area contributed by atoms with E-state index in [1.54, 1.807) is 0 Å². The van der Waals surface area contributed by atoms with E-state index < -0.39 is 0 Å². The Balaban J connectivity index is 1.67. The van der Waals surface area contributed by atoms with Crippen molar-refractivity contribution in [2.45, 2.75) is 31.7 Å². The van der Waals surface area contributed by atoms with Gasteiger partial charge in [0.15, 0.2) is 0 Å². The van der Waals surface area contributed by atoms with Gasteiger partial charge in [0.05, 0.1) is 13.2 Å². The van der Waals surface area contributed by atoms with E-state index in [9.17, 15) is 4.79 Å². The van der Waals surface area contributed by atoms with Crippen LogP contribution in [0.25, 0.3) is 0 Å². The van der Waals surface area contributed by atoms with E-state index in [1.165, 1.54) is 5.56 Å². The Kier molecular flexibility index (Phi) is 3.92. The van der Waals surface area contributed by atoms with E-state index >= 15 is 0 Å². The molecule has 0 N–H and O–H groups in total. The molecule has 2 atom stereocenters. The second-order valence-corrected chi connectivity index (χ2v) is 5.45. The SMILES string of the molecule is CCOC(=O)C1CCCN1CC1COc2ccccc21. The lowest BCUT2D eigenvalue weighted by atomic mass is 10.0. The summed E-state index contributed by atoms with van der Waals surface area (Å²) in [6.45, 7) is 4.88. The predicted molar refractivity (Wildman–Crippen MR) is 75.9 cm³/mol. The highest BCUT2D eigenvalue weighted by Crippen LogP contribution is 2.35. The minimum atomic E-state index is -0.0720. The smallest absolute Gasteiger partial charge is 0.323 e. The quantitative estimate of drug-likeness (QED) is 0.790. The standard InChI is InChI=1S/C16H21NO3/c1-2-19-16(18)14-7-5-9-17(14)10-12-11-20-15-8-4-3-6-13(12)15/h3-4,6,8,12,14H,2,5,7,9-11H2,1H3. The summed E-state index contributed by atoms with van der Waals surface area (Å²) in [6.07, 6.45) is 1.98. The summed E-state index contributed by atoms with van der Waals surface area (Å²) in [5, 5.41) is 0. The maximum atomic E-state index is 12.0. The average molecular weight is 275 g/mol. The van der Waals surface area contributed by atoms with Crippen molar-refractivity contribution >= 4 is 5.97 Å². The van der Waals surface area contributed by atoms with Gasteiger partial charge in [-0.3, -0.25) is 9.69 Å².